The van der Waals surface area contributed by atoms with Crippen LogP contribution in [0.25, 0.3) is 10.9 Å². The van der Waals surface area contributed by atoms with Crippen molar-refractivity contribution in [3.8, 4) is 0 Å². The van der Waals surface area contributed by atoms with Gasteiger partial charge in [-0.3, -0.25) is 19.7 Å². The van der Waals surface area contributed by atoms with E-state index in [1.807, 2.05) is 24.1 Å². The molecule has 2 fully saturated rings. The lowest BCUT2D eigenvalue weighted by Crippen LogP contribution is -2.49. The first kappa shape index (κ1) is 17.4. The molecule has 2 aliphatic rings. The molecule has 0 spiro atoms. The lowest BCUT2D eigenvalue weighted by atomic mass is 10.1. The van der Waals surface area contributed by atoms with E-state index in [1.54, 1.807) is 25.7 Å². The lowest BCUT2D eigenvalue weighted by Gasteiger charge is -2.35. The molecule has 26 heavy (non-hydrogen) atoms. The molecule has 138 valence electrons. The second-order valence-electron chi connectivity index (χ2n) is 7.42. The first-order valence-corrected chi connectivity index (χ1v) is 9.41. The molecule has 1 saturated carbocycles. The van der Waals surface area contributed by atoms with Gasteiger partial charge in [-0.25, -0.2) is 0 Å². The minimum absolute atomic E-state index is 0.0515. The Bertz CT molecular complexity index is 796. The summed E-state index contributed by atoms with van der Waals surface area (Å²) in [6.45, 7) is 2.04. The van der Waals surface area contributed by atoms with Crippen LogP contribution in [0.5, 0.6) is 0 Å². The Hall–Kier alpha value is -2.05. The monoisotopic (exact) mass is 354 g/mol. The van der Waals surface area contributed by atoms with E-state index in [9.17, 15) is 4.79 Å². The highest BCUT2D eigenvalue weighted by Gasteiger charge is 2.39. The van der Waals surface area contributed by atoms with Gasteiger partial charge in [0.05, 0.1) is 23.4 Å². The molecular formula is C20H26N4O2. The van der Waals surface area contributed by atoms with E-state index in [0.29, 0.717) is 17.7 Å². The van der Waals surface area contributed by atoms with Crippen molar-refractivity contribution in [2.75, 3.05) is 27.2 Å². The fourth-order valence-corrected chi connectivity index (χ4v) is 4.49. The number of nitrogens with zero attached hydrogens (tertiary/aromatic N) is 4. The fourth-order valence-electron chi connectivity index (χ4n) is 4.49. The number of methoxy groups -OCH3 is 1. The summed E-state index contributed by atoms with van der Waals surface area (Å²) >= 11 is 0. The van der Waals surface area contributed by atoms with Gasteiger partial charge in [-0.1, -0.05) is 0 Å². The maximum absolute atomic E-state index is 13.1. The highest BCUT2D eigenvalue weighted by molar-refractivity contribution is 5.97. The summed E-state index contributed by atoms with van der Waals surface area (Å²) in [6, 6.07) is 4.50. The molecule has 0 N–H and O–H groups in total. The predicted octanol–water partition coefficient (Wildman–Crippen LogP) is 2.34. The third kappa shape index (κ3) is 3.19. The van der Waals surface area contributed by atoms with Crippen LogP contribution in [0.15, 0.2) is 30.7 Å². The maximum Gasteiger partial charge on any atom is 0.255 e. The number of hydrogen-bond donors (Lipinski definition) is 0. The highest BCUT2D eigenvalue weighted by atomic mass is 16.5. The summed E-state index contributed by atoms with van der Waals surface area (Å²) in [5.41, 5.74) is 1.46. The summed E-state index contributed by atoms with van der Waals surface area (Å²) in [7, 11) is 3.73. The molecule has 1 aliphatic heterocycles. The smallest absolute Gasteiger partial charge is 0.255 e. The minimum Gasteiger partial charge on any atom is -0.380 e. The van der Waals surface area contributed by atoms with E-state index < -0.39 is 0 Å². The first-order valence-electron chi connectivity index (χ1n) is 9.41. The van der Waals surface area contributed by atoms with Crippen LogP contribution in [0.1, 0.15) is 36.0 Å². The van der Waals surface area contributed by atoms with Crippen LogP contribution in [0.3, 0.4) is 0 Å². The number of hydrogen-bond acceptors (Lipinski definition) is 5. The summed E-state index contributed by atoms with van der Waals surface area (Å²) in [4.78, 5) is 26.0. The average Bonchev–Trinajstić information content (AvgIpc) is 3.35. The van der Waals surface area contributed by atoms with Crippen molar-refractivity contribution >= 4 is 16.8 Å². The van der Waals surface area contributed by atoms with Crippen LogP contribution in [-0.2, 0) is 4.74 Å². The molecule has 0 bridgehead atoms. The van der Waals surface area contributed by atoms with Crippen molar-refractivity contribution in [1.29, 1.82) is 0 Å². The zero-order valence-corrected chi connectivity index (χ0v) is 15.5. The Morgan fingerprint density at radius 2 is 2.19 bits per heavy atom. The molecule has 2 aromatic rings. The Morgan fingerprint density at radius 3 is 3.00 bits per heavy atom. The van der Waals surface area contributed by atoms with Gasteiger partial charge in [0.1, 0.15) is 0 Å². The molecule has 1 aliphatic carbocycles. The van der Waals surface area contributed by atoms with E-state index in [-0.39, 0.29) is 11.9 Å². The Morgan fingerprint density at radius 1 is 1.31 bits per heavy atom. The number of likely N-dealkylation sites (N-methyl/N-ethyl adjacent to an activating group) is 1. The van der Waals surface area contributed by atoms with Crippen molar-refractivity contribution in [3.63, 3.8) is 0 Å². The topological polar surface area (TPSA) is 58.6 Å². The minimum atomic E-state index is 0.0515. The van der Waals surface area contributed by atoms with Crippen LogP contribution in [-0.4, -0.2) is 71.1 Å². The molecule has 1 unspecified atom stereocenters. The second-order valence-corrected chi connectivity index (χ2v) is 7.42. The molecule has 1 amide bonds. The van der Waals surface area contributed by atoms with Gasteiger partial charge < -0.3 is 9.64 Å². The van der Waals surface area contributed by atoms with Gasteiger partial charge in [0.25, 0.3) is 5.91 Å². The summed E-state index contributed by atoms with van der Waals surface area (Å²) in [5, 5.41) is 0.949. The summed E-state index contributed by atoms with van der Waals surface area (Å²) in [5.74, 6) is 0.0515. The largest absolute Gasteiger partial charge is 0.380 e. The molecule has 3 atom stereocenters. The molecule has 6 nitrogen and oxygen atoms in total. The highest BCUT2D eigenvalue weighted by Crippen LogP contribution is 2.31. The van der Waals surface area contributed by atoms with Crippen molar-refractivity contribution in [2.24, 2.45) is 0 Å². The van der Waals surface area contributed by atoms with Crippen LogP contribution >= 0.6 is 0 Å². The number of likely N-dealkylation sites (tertiary alicyclic amines) is 1. The summed E-state index contributed by atoms with van der Waals surface area (Å²) in [6.07, 6.45) is 9.92. The van der Waals surface area contributed by atoms with Gasteiger partial charge in [-0.2, -0.15) is 0 Å². The molecule has 2 aromatic heterocycles. The SMILES string of the molecule is COC1CCN([C@H]2CCC[C@H]2N(C)C(=O)c2cnc3cnccc3c2)C1. The van der Waals surface area contributed by atoms with Gasteiger partial charge in [-0.05, 0) is 37.8 Å². The number of pyridine rings is 2. The summed E-state index contributed by atoms with van der Waals surface area (Å²) < 4.78 is 5.52. The maximum atomic E-state index is 13.1. The van der Waals surface area contributed by atoms with Crippen LogP contribution < -0.4 is 0 Å². The van der Waals surface area contributed by atoms with Crippen LogP contribution in [0, 0.1) is 0 Å². The van der Waals surface area contributed by atoms with Gasteiger partial charge in [-0.15, -0.1) is 0 Å². The number of rotatable bonds is 4. The molecule has 6 heteroatoms. The Labute approximate surface area is 154 Å². The van der Waals surface area contributed by atoms with Crippen LogP contribution in [0.4, 0.5) is 0 Å². The predicted molar refractivity (Wildman–Crippen MR) is 100 cm³/mol. The molecular weight excluding hydrogens is 328 g/mol. The zero-order valence-electron chi connectivity index (χ0n) is 15.5. The van der Waals surface area contributed by atoms with E-state index in [0.717, 1.165) is 43.3 Å². The molecule has 0 aromatic carbocycles. The van der Waals surface area contributed by atoms with E-state index in [2.05, 4.69) is 14.9 Å². The number of ether oxygens (including phenoxy) is 1. The number of carbonyl (C=O) groups excluding carboxylic acids is 1. The molecule has 4 rings (SSSR count). The number of carbonyl (C=O) groups is 1. The Kier molecular flexibility index (Phi) is 4.87. The second kappa shape index (κ2) is 7.29. The van der Waals surface area contributed by atoms with Gasteiger partial charge in [0.15, 0.2) is 0 Å². The fraction of sp³-hybridized carbons (Fsp3) is 0.550. The third-order valence-electron chi connectivity index (χ3n) is 5.97. The Balaban J connectivity index is 1.51. The lowest BCUT2D eigenvalue weighted by molar-refractivity contribution is 0.0605. The van der Waals surface area contributed by atoms with Gasteiger partial charge in [0.2, 0.25) is 0 Å². The number of aromatic nitrogens is 2. The van der Waals surface area contributed by atoms with E-state index in [4.69, 9.17) is 4.74 Å². The standard InChI is InChI=1S/C20H26N4O2/c1-23(18-4-3-5-19(18)24-9-7-16(13-24)26-2)20(25)15-10-14-6-8-21-12-17(14)22-11-15/h6,8,10-12,16,18-19H,3-5,7,9,13H2,1-2H3/t16?,18-,19+/m1/s1. The van der Waals surface area contributed by atoms with Crippen LogP contribution in [0.2, 0.25) is 0 Å². The van der Waals surface area contributed by atoms with Crippen molar-refractivity contribution in [3.05, 3.63) is 36.3 Å². The van der Waals surface area contributed by atoms with Gasteiger partial charge in [0, 0.05) is 57.1 Å². The van der Waals surface area contributed by atoms with E-state index in [1.165, 1.54) is 6.42 Å². The van der Waals surface area contributed by atoms with Crippen molar-refractivity contribution < 1.29 is 9.53 Å². The molecule has 0 radical (unpaired) electrons. The zero-order chi connectivity index (χ0) is 18.1. The number of fused-ring (bicyclic) bond motifs is 1. The third-order valence-corrected chi connectivity index (χ3v) is 5.97. The first-order chi connectivity index (χ1) is 12.7. The normalized spacial score (nSPS) is 26.5. The van der Waals surface area contributed by atoms with Crippen molar-refractivity contribution in [1.82, 2.24) is 19.8 Å². The average molecular weight is 354 g/mol. The van der Waals surface area contributed by atoms with Gasteiger partial charge >= 0.3 is 0 Å². The molecule has 3 heterocycles. The molecule has 1 saturated heterocycles. The van der Waals surface area contributed by atoms with Crippen molar-refractivity contribution in [2.45, 2.75) is 43.9 Å². The number of amides is 1. The van der Waals surface area contributed by atoms with E-state index >= 15 is 0 Å². The quantitative estimate of drug-likeness (QED) is 0.843.